The van der Waals surface area contributed by atoms with Gasteiger partial charge in [-0.05, 0) is 63.0 Å². The number of unbranched alkanes of at least 4 members (excludes halogenated alkanes) is 1. The zero-order valence-electron chi connectivity index (χ0n) is 18.1. The van der Waals surface area contributed by atoms with Crippen molar-refractivity contribution in [3.8, 4) is 11.8 Å². The minimum absolute atomic E-state index is 0.146. The average molecular weight is 417 g/mol. The van der Waals surface area contributed by atoms with Gasteiger partial charge in [0, 0.05) is 17.4 Å². The summed E-state index contributed by atoms with van der Waals surface area (Å²) in [5.74, 6) is 5.94. The summed E-state index contributed by atoms with van der Waals surface area (Å²) in [5, 5.41) is 0. The second kappa shape index (κ2) is 11.6. The fourth-order valence-corrected chi connectivity index (χ4v) is 4.48. The van der Waals surface area contributed by atoms with Crippen molar-refractivity contribution in [2.24, 2.45) is 17.8 Å². The predicted octanol–water partition coefficient (Wildman–Crippen LogP) is 6.94. The fourth-order valence-electron chi connectivity index (χ4n) is 4.48. The minimum atomic E-state index is -0.722. The maximum absolute atomic E-state index is 14.6. The van der Waals surface area contributed by atoms with E-state index in [9.17, 15) is 8.78 Å². The number of halogens is 2. The van der Waals surface area contributed by atoms with E-state index in [2.05, 4.69) is 25.3 Å². The molecule has 2 aliphatic rings. The van der Waals surface area contributed by atoms with Gasteiger partial charge in [0.1, 0.15) is 11.6 Å². The summed E-state index contributed by atoms with van der Waals surface area (Å²) in [6, 6.07) is 2.60. The Morgan fingerprint density at radius 3 is 2.30 bits per heavy atom. The number of ether oxygens (including phenoxy) is 2. The summed E-state index contributed by atoms with van der Waals surface area (Å²) in [6.07, 6.45) is 11.1. The van der Waals surface area contributed by atoms with E-state index in [0.717, 1.165) is 38.0 Å². The summed E-state index contributed by atoms with van der Waals surface area (Å²) < 4.78 is 40.7. The van der Waals surface area contributed by atoms with E-state index >= 15 is 0 Å². The normalized spacial score (nSPS) is 26.6. The number of rotatable bonds is 7. The minimum Gasteiger partial charge on any atom is -0.348 e. The second-order valence-electron chi connectivity index (χ2n) is 8.72. The first-order valence-corrected chi connectivity index (χ1v) is 11.4. The Bertz CT molecular complexity index is 725. The largest absolute Gasteiger partial charge is 0.348 e. The highest BCUT2D eigenvalue weighted by Gasteiger charge is 2.25. The molecule has 1 aliphatic heterocycles. The van der Waals surface area contributed by atoms with Gasteiger partial charge >= 0.3 is 0 Å². The number of benzene rings is 1. The standard InChI is InChI=1S/C26H34F2O2/c1-3-5-6-8-21-17-29-26(30-18-21)22-15-24(27)23(25(28)16-22)14-13-20-11-9-19(7-4-2)10-12-20/h3,15-16,19-21,26H,1,4-12,17-18H2,2H3/t19-,20-,21-,26-. The van der Waals surface area contributed by atoms with Crippen LogP contribution in [0.4, 0.5) is 8.78 Å². The van der Waals surface area contributed by atoms with Crippen molar-refractivity contribution in [1.82, 2.24) is 0 Å². The molecular formula is C26H34F2O2. The van der Waals surface area contributed by atoms with Crippen LogP contribution >= 0.6 is 0 Å². The molecule has 0 atom stereocenters. The van der Waals surface area contributed by atoms with E-state index < -0.39 is 17.9 Å². The molecule has 0 amide bonds. The molecule has 1 aliphatic carbocycles. The van der Waals surface area contributed by atoms with Gasteiger partial charge in [0.15, 0.2) is 6.29 Å². The second-order valence-corrected chi connectivity index (χ2v) is 8.72. The molecule has 164 valence electrons. The average Bonchev–Trinajstić information content (AvgIpc) is 2.75. The third kappa shape index (κ3) is 6.40. The van der Waals surface area contributed by atoms with Gasteiger partial charge in [0.2, 0.25) is 0 Å². The summed E-state index contributed by atoms with van der Waals surface area (Å²) in [5.41, 5.74) is 0.229. The van der Waals surface area contributed by atoms with Gasteiger partial charge in [-0.15, -0.1) is 6.58 Å². The molecule has 1 saturated heterocycles. The van der Waals surface area contributed by atoms with Gasteiger partial charge in [-0.25, -0.2) is 8.78 Å². The SMILES string of the molecule is C=CCCC[C@H]1CO[C@H](c2cc(F)c(C#C[C@H]3CC[C@H](CCC)CC3)c(F)c2)OC1. The highest BCUT2D eigenvalue weighted by atomic mass is 19.1. The van der Waals surface area contributed by atoms with Crippen molar-refractivity contribution in [2.45, 2.75) is 71.0 Å². The number of hydrogen-bond acceptors (Lipinski definition) is 2. The lowest BCUT2D eigenvalue weighted by atomic mass is 9.80. The van der Waals surface area contributed by atoms with Gasteiger partial charge in [-0.3, -0.25) is 0 Å². The Hall–Kier alpha value is -1.70. The van der Waals surface area contributed by atoms with Crippen LogP contribution in [0, 0.1) is 41.2 Å². The lowest BCUT2D eigenvalue weighted by molar-refractivity contribution is -0.206. The number of allylic oxidation sites excluding steroid dienone is 1. The van der Waals surface area contributed by atoms with Gasteiger partial charge in [0.25, 0.3) is 0 Å². The first kappa shape index (κ1) is 23.0. The molecule has 0 unspecified atom stereocenters. The van der Waals surface area contributed by atoms with Crippen molar-refractivity contribution in [3.63, 3.8) is 0 Å². The lowest BCUT2D eigenvalue weighted by Crippen LogP contribution is -2.27. The van der Waals surface area contributed by atoms with Gasteiger partial charge in [-0.1, -0.05) is 37.7 Å². The Balaban J connectivity index is 1.57. The Morgan fingerprint density at radius 1 is 1.03 bits per heavy atom. The van der Waals surface area contributed by atoms with Gasteiger partial charge < -0.3 is 9.47 Å². The molecule has 0 aromatic heterocycles. The summed E-state index contributed by atoms with van der Waals surface area (Å²) in [4.78, 5) is 0. The number of hydrogen-bond donors (Lipinski definition) is 0. The van der Waals surface area contributed by atoms with E-state index in [4.69, 9.17) is 9.47 Å². The van der Waals surface area contributed by atoms with Crippen molar-refractivity contribution in [2.75, 3.05) is 13.2 Å². The molecule has 2 nitrogen and oxygen atoms in total. The van der Waals surface area contributed by atoms with Crippen LogP contribution in [0.5, 0.6) is 0 Å². The van der Waals surface area contributed by atoms with Gasteiger partial charge in [0.05, 0.1) is 18.8 Å². The zero-order chi connectivity index (χ0) is 21.3. The van der Waals surface area contributed by atoms with E-state index in [1.807, 2.05) is 6.08 Å². The van der Waals surface area contributed by atoms with Crippen molar-refractivity contribution < 1.29 is 18.3 Å². The zero-order valence-corrected chi connectivity index (χ0v) is 18.1. The van der Waals surface area contributed by atoms with Crippen LogP contribution in [0.3, 0.4) is 0 Å². The monoisotopic (exact) mass is 416 g/mol. The van der Waals surface area contributed by atoms with E-state index in [0.29, 0.717) is 24.7 Å². The molecule has 3 rings (SSSR count). The third-order valence-corrected chi connectivity index (χ3v) is 6.27. The Morgan fingerprint density at radius 2 is 1.70 bits per heavy atom. The highest BCUT2D eigenvalue weighted by molar-refractivity contribution is 5.40. The third-order valence-electron chi connectivity index (χ3n) is 6.27. The first-order valence-electron chi connectivity index (χ1n) is 11.4. The first-order chi connectivity index (χ1) is 14.6. The molecule has 30 heavy (non-hydrogen) atoms. The lowest BCUT2D eigenvalue weighted by Gasteiger charge is -2.29. The van der Waals surface area contributed by atoms with Crippen LogP contribution in [0.1, 0.15) is 82.1 Å². The molecule has 0 N–H and O–H groups in total. The van der Waals surface area contributed by atoms with Crippen molar-refractivity contribution >= 4 is 0 Å². The van der Waals surface area contributed by atoms with Crippen LogP contribution in [-0.4, -0.2) is 13.2 Å². The maximum Gasteiger partial charge on any atom is 0.184 e. The molecule has 1 saturated carbocycles. The molecule has 4 heteroatoms. The highest BCUT2D eigenvalue weighted by Crippen LogP contribution is 2.32. The molecule has 0 radical (unpaired) electrons. The van der Waals surface area contributed by atoms with Crippen LogP contribution in [0.15, 0.2) is 24.8 Å². The molecule has 2 fully saturated rings. The van der Waals surface area contributed by atoms with E-state index in [1.54, 1.807) is 0 Å². The van der Waals surface area contributed by atoms with Crippen LogP contribution < -0.4 is 0 Å². The molecule has 0 bridgehead atoms. The van der Waals surface area contributed by atoms with Crippen molar-refractivity contribution in [3.05, 3.63) is 47.5 Å². The Labute approximate surface area is 180 Å². The molecule has 1 aromatic carbocycles. The van der Waals surface area contributed by atoms with E-state index in [1.165, 1.54) is 37.8 Å². The predicted molar refractivity (Wildman–Crippen MR) is 116 cm³/mol. The Kier molecular flexibility index (Phi) is 8.90. The quantitative estimate of drug-likeness (QED) is 0.272. The van der Waals surface area contributed by atoms with Crippen LogP contribution in [-0.2, 0) is 9.47 Å². The van der Waals surface area contributed by atoms with Crippen LogP contribution in [0.2, 0.25) is 0 Å². The van der Waals surface area contributed by atoms with Gasteiger partial charge in [-0.2, -0.15) is 0 Å². The molecule has 1 aromatic rings. The molecule has 0 spiro atoms. The summed E-state index contributed by atoms with van der Waals surface area (Å²) >= 11 is 0. The summed E-state index contributed by atoms with van der Waals surface area (Å²) in [7, 11) is 0. The molecule has 1 heterocycles. The van der Waals surface area contributed by atoms with Crippen LogP contribution in [0.25, 0.3) is 0 Å². The fraction of sp³-hybridized carbons (Fsp3) is 0.615. The topological polar surface area (TPSA) is 18.5 Å². The summed E-state index contributed by atoms with van der Waals surface area (Å²) in [6.45, 7) is 7.01. The van der Waals surface area contributed by atoms with E-state index in [-0.39, 0.29) is 11.5 Å². The van der Waals surface area contributed by atoms with Crippen molar-refractivity contribution in [1.29, 1.82) is 0 Å². The molecular weight excluding hydrogens is 382 g/mol. The smallest absolute Gasteiger partial charge is 0.184 e. The maximum atomic E-state index is 14.6.